The molecule has 1 atom stereocenters. The number of carbonyl (C=O) groups is 1. The number of likely N-dealkylation sites (tertiary alicyclic amines) is 1. The molecule has 5 nitrogen and oxygen atoms in total. The first-order valence-corrected chi connectivity index (χ1v) is 7.88. The number of ether oxygens (including phenoxy) is 2. The fourth-order valence-electron chi connectivity index (χ4n) is 3.45. The van der Waals surface area contributed by atoms with E-state index in [1.807, 2.05) is 36.1 Å². The van der Waals surface area contributed by atoms with Crippen LogP contribution >= 0.6 is 0 Å². The summed E-state index contributed by atoms with van der Waals surface area (Å²) in [5.74, 6) is -0.131. The molecule has 120 valence electrons. The van der Waals surface area contributed by atoms with Gasteiger partial charge in [-0.15, -0.1) is 0 Å². The number of hydrogen-bond donors (Lipinski definition) is 0. The minimum absolute atomic E-state index is 0. The van der Waals surface area contributed by atoms with E-state index < -0.39 is 11.5 Å². The van der Waals surface area contributed by atoms with Crippen molar-refractivity contribution in [3.63, 3.8) is 0 Å². The number of aryl methyl sites for hydroxylation is 1. The van der Waals surface area contributed by atoms with Gasteiger partial charge in [0.25, 0.3) is 0 Å². The predicted octanol–water partition coefficient (Wildman–Crippen LogP) is -2.25. The zero-order valence-electron chi connectivity index (χ0n) is 13.9. The van der Waals surface area contributed by atoms with Crippen LogP contribution in [0.4, 0.5) is 0 Å². The summed E-state index contributed by atoms with van der Waals surface area (Å²) in [6.45, 7) is 4.34. The van der Waals surface area contributed by atoms with Crippen LogP contribution in [-0.2, 0) is 9.53 Å². The smallest absolute Gasteiger partial charge is 0.548 e. The fourth-order valence-corrected chi connectivity index (χ4v) is 3.45. The maximum Gasteiger partial charge on any atom is 1.00 e. The number of nitrogens with zero attached hydrogens (tertiary/aromatic N) is 1. The average Bonchev–Trinajstić information content (AvgIpc) is 2.97. The van der Waals surface area contributed by atoms with Crippen molar-refractivity contribution in [1.82, 2.24) is 4.90 Å². The van der Waals surface area contributed by atoms with E-state index in [1.165, 1.54) is 0 Å². The van der Waals surface area contributed by atoms with E-state index >= 15 is 0 Å². The predicted molar refractivity (Wildman–Crippen MR) is 79.6 cm³/mol. The van der Waals surface area contributed by atoms with Crippen molar-refractivity contribution in [1.29, 1.82) is 0 Å². The molecule has 2 aliphatic rings. The summed E-state index contributed by atoms with van der Waals surface area (Å²) >= 11 is 0. The first-order chi connectivity index (χ1) is 10.6. The molecule has 1 aromatic rings. The van der Waals surface area contributed by atoms with Gasteiger partial charge in [0.1, 0.15) is 11.9 Å². The quantitative estimate of drug-likeness (QED) is 0.588. The minimum Gasteiger partial charge on any atom is -0.548 e. The SMILES string of the molecule is Cc1cccc(O[C@@H]2CCN(C3(C(=O)[O-])CCOCC3)C2)c1.[Li+]. The van der Waals surface area contributed by atoms with Gasteiger partial charge >= 0.3 is 18.9 Å². The Morgan fingerprint density at radius 3 is 2.78 bits per heavy atom. The molecule has 0 aromatic heterocycles. The van der Waals surface area contributed by atoms with Crippen molar-refractivity contribution in [2.24, 2.45) is 0 Å². The molecule has 1 aromatic carbocycles. The molecule has 6 heteroatoms. The molecule has 23 heavy (non-hydrogen) atoms. The van der Waals surface area contributed by atoms with Gasteiger partial charge in [0.05, 0.1) is 11.5 Å². The van der Waals surface area contributed by atoms with Crippen LogP contribution in [-0.4, -0.2) is 48.8 Å². The maximum absolute atomic E-state index is 11.7. The van der Waals surface area contributed by atoms with E-state index in [1.54, 1.807) is 0 Å². The minimum atomic E-state index is -0.980. The van der Waals surface area contributed by atoms with Gasteiger partial charge in [-0.25, -0.2) is 0 Å². The largest absolute Gasteiger partial charge is 1.00 e. The molecule has 0 unspecified atom stereocenters. The van der Waals surface area contributed by atoms with Gasteiger partial charge in [-0.05, 0) is 43.9 Å². The van der Waals surface area contributed by atoms with Crippen molar-refractivity contribution in [3.8, 4) is 5.75 Å². The van der Waals surface area contributed by atoms with E-state index in [0.29, 0.717) is 32.6 Å². The molecule has 2 fully saturated rings. The van der Waals surface area contributed by atoms with E-state index in [9.17, 15) is 9.90 Å². The van der Waals surface area contributed by atoms with Crippen molar-refractivity contribution >= 4 is 5.97 Å². The number of hydrogen-bond acceptors (Lipinski definition) is 5. The summed E-state index contributed by atoms with van der Waals surface area (Å²) in [7, 11) is 0. The Morgan fingerprint density at radius 1 is 1.39 bits per heavy atom. The Bertz CT molecular complexity index is 545. The Labute approximate surface area is 149 Å². The normalized spacial score (nSPS) is 24.0. The molecule has 0 spiro atoms. The number of benzene rings is 1. The summed E-state index contributed by atoms with van der Waals surface area (Å²) in [5.41, 5.74) is 0.270. The Morgan fingerprint density at radius 2 is 2.13 bits per heavy atom. The summed E-state index contributed by atoms with van der Waals surface area (Å²) in [4.78, 5) is 13.7. The molecule has 0 saturated carbocycles. The molecule has 0 radical (unpaired) electrons. The van der Waals surface area contributed by atoms with Gasteiger partial charge in [-0.3, -0.25) is 4.90 Å². The van der Waals surface area contributed by atoms with Gasteiger partial charge in [0.2, 0.25) is 0 Å². The molecule has 0 bridgehead atoms. The maximum atomic E-state index is 11.7. The van der Waals surface area contributed by atoms with Crippen LogP contribution in [0.1, 0.15) is 24.8 Å². The second kappa shape index (κ2) is 7.72. The summed E-state index contributed by atoms with van der Waals surface area (Å²) in [5, 5.41) is 11.7. The van der Waals surface area contributed by atoms with Crippen LogP contribution in [0.15, 0.2) is 24.3 Å². The molecule has 2 aliphatic heterocycles. The second-order valence-electron chi connectivity index (χ2n) is 6.22. The van der Waals surface area contributed by atoms with Gasteiger partial charge in [0, 0.05) is 26.3 Å². The first-order valence-electron chi connectivity index (χ1n) is 7.88. The molecule has 2 saturated heterocycles. The summed E-state index contributed by atoms with van der Waals surface area (Å²) in [6.07, 6.45) is 1.85. The monoisotopic (exact) mass is 311 g/mol. The average molecular weight is 311 g/mol. The number of carboxylic acids is 1. The number of carbonyl (C=O) groups excluding carboxylic acids is 1. The molecule has 2 heterocycles. The van der Waals surface area contributed by atoms with Crippen LogP contribution in [0.25, 0.3) is 0 Å². The van der Waals surface area contributed by atoms with Crippen LogP contribution in [0.2, 0.25) is 0 Å². The van der Waals surface area contributed by atoms with E-state index in [-0.39, 0.29) is 25.0 Å². The second-order valence-corrected chi connectivity index (χ2v) is 6.22. The number of rotatable bonds is 4. The first kappa shape index (κ1) is 18.3. The molecular weight excluding hydrogens is 289 g/mol. The van der Waals surface area contributed by atoms with Gasteiger partial charge < -0.3 is 19.4 Å². The van der Waals surface area contributed by atoms with E-state index in [0.717, 1.165) is 24.3 Å². The van der Waals surface area contributed by atoms with Crippen LogP contribution < -0.4 is 28.7 Å². The Balaban J connectivity index is 0.00000192. The summed E-state index contributed by atoms with van der Waals surface area (Å²) < 4.78 is 11.3. The molecule has 0 aliphatic carbocycles. The third-order valence-electron chi connectivity index (χ3n) is 4.74. The fraction of sp³-hybridized carbons (Fsp3) is 0.588. The van der Waals surface area contributed by atoms with Crippen LogP contribution in [0.3, 0.4) is 0 Å². The molecule has 3 rings (SSSR count). The Hall–Kier alpha value is -0.993. The van der Waals surface area contributed by atoms with Gasteiger partial charge in [0.15, 0.2) is 0 Å². The van der Waals surface area contributed by atoms with Crippen LogP contribution in [0, 0.1) is 6.92 Å². The summed E-state index contributed by atoms with van der Waals surface area (Å²) in [6, 6.07) is 7.95. The topological polar surface area (TPSA) is 61.8 Å². The number of aliphatic carboxylic acids is 1. The van der Waals surface area contributed by atoms with Gasteiger partial charge in [-0.2, -0.15) is 0 Å². The molecular formula is C17H22LiNO4. The van der Waals surface area contributed by atoms with E-state index in [2.05, 4.69) is 0 Å². The standard InChI is InChI=1S/C17H23NO4.Li/c1-13-3-2-4-14(11-13)22-15-5-8-18(12-15)17(16(19)20)6-9-21-10-7-17;/h2-4,11,15H,5-10,12H2,1H3,(H,19,20);/q;+1/p-1/t15-;/m1./s1. The third kappa shape index (κ3) is 3.92. The van der Waals surface area contributed by atoms with Crippen molar-refractivity contribution in [2.45, 2.75) is 37.8 Å². The molecule has 0 amide bonds. The van der Waals surface area contributed by atoms with Crippen molar-refractivity contribution in [3.05, 3.63) is 29.8 Å². The van der Waals surface area contributed by atoms with E-state index in [4.69, 9.17) is 9.47 Å². The van der Waals surface area contributed by atoms with Crippen molar-refractivity contribution < 1.29 is 38.2 Å². The van der Waals surface area contributed by atoms with Gasteiger partial charge in [-0.1, -0.05) is 12.1 Å². The van der Waals surface area contributed by atoms with Crippen molar-refractivity contribution in [2.75, 3.05) is 26.3 Å². The zero-order valence-corrected chi connectivity index (χ0v) is 13.9. The molecule has 0 N–H and O–H groups in total. The Kier molecular flexibility index (Phi) is 6.16. The van der Waals surface area contributed by atoms with Crippen LogP contribution in [0.5, 0.6) is 5.75 Å². The number of carboxylic acid groups (broad SMARTS) is 1. The zero-order chi connectivity index (χ0) is 15.6. The third-order valence-corrected chi connectivity index (χ3v) is 4.74.